The normalized spacial score (nSPS) is 10.7. The van der Waals surface area contributed by atoms with Gasteiger partial charge in [0.15, 0.2) is 0 Å². The minimum atomic E-state index is -0.186. The van der Waals surface area contributed by atoms with E-state index in [0.29, 0.717) is 22.2 Å². The third kappa shape index (κ3) is 3.75. The maximum atomic E-state index is 12.2. The lowest BCUT2D eigenvalue weighted by Crippen LogP contribution is -2.22. The van der Waals surface area contributed by atoms with Crippen molar-refractivity contribution in [1.82, 2.24) is 10.3 Å². The molecule has 0 fully saturated rings. The van der Waals surface area contributed by atoms with Gasteiger partial charge in [-0.25, -0.2) is 4.98 Å². The van der Waals surface area contributed by atoms with E-state index in [4.69, 9.17) is 23.2 Å². The molecule has 0 atom stereocenters. The number of aryl methyl sites for hydroxylation is 1. The molecular weight excluding hydrogens is 371 g/mol. The number of carbonyl (C=O) groups excluding carboxylic acids is 1. The highest BCUT2D eigenvalue weighted by Gasteiger charge is 2.12. The van der Waals surface area contributed by atoms with Crippen molar-refractivity contribution in [3.63, 3.8) is 0 Å². The van der Waals surface area contributed by atoms with E-state index < -0.39 is 0 Å². The summed E-state index contributed by atoms with van der Waals surface area (Å²) in [4.78, 5) is 19.0. The Bertz CT molecular complexity index is 844. The van der Waals surface area contributed by atoms with E-state index in [9.17, 15) is 4.79 Å². The molecule has 3 rings (SSSR count). The van der Waals surface area contributed by atoms with Crippen molar-refractivity contribution in [2.24, 2.45) is 0 Å². The van der Waals surface area contributed by atoms with Crippen molar-refractivity contribution in [2.75, 3.05) is 0 Å². The molecule has 3 aromatic rings. The second-order valence-corrected chi connectivity index (χ2v) is 7.66. The molecule has 1 aromatic carbocycles. The van der Waals surface area contributed by atoms with Crippen LogP contribution in [0.4, 0.5) is 0 Å². The SMILES string of the molecule is Cc1nc(-c2cccs2)sc1CNC(=O)c1ccc(Cl)c(Cl)c1. The molecule has 2 heterocycles. The summed E-state index contributed by atoms with van der Waals surface area (Å²) in [6.45, 7) is 2.39. The molecule has 0 saturated carbocycles. The van der Waals surface area contributed by atoms with Crippen molar-refractivity contribution >= 4 is 51.8 Å². The van der Waals surface area contributed by atoms with Crippen LogP contribution in [0.2, 0.25) is 10.0 Å². The number of nitrogens with zero attached hydrogens (tertiary/aromatic N) is 1. The van der Waals surface area contributed by atoms with E-state index in [1.807, 2.05) is 24.4 Å². The number of benzene rings is 1. The number of hydrogen-bond acceptors (Lipinski definition) is 4. The summed E-state index contributed by atoms with van der Waals surface area (Å²) < 4.78 is 0. The minimum absolute atomic E-state index is 0.186. The van der Waals surface area contributed by atoms with Gasteiger partial charge in [-0.1, -0.05) is 29.3 Å². The van der Waals surface area contributed by atoms with Crippen LogP contribution in [0.5, 0.6) is 0 Å². The Balaban J connectivity index is 1.70. The first-order chi connectivity index (χ1) is 11.0. The highest BCUT2D eigenvalue weighted by atomic mass is 35.5. The molecular formula is C16H12Cl2N2OS2. The van der Waals surface area contributed by atoms with Gasteiger partial charge in [0.1, 0.15) is 5.01 Å². The van der Waals surface area contributed by atoms with Gasteiger partial charge in [0.2, 0.25) is 0 Å². The molecule has 0 spiro atoms. The second kappa shape index (κ2) is 7.01. The van der Waals surface area contributed by atoms with E-state index in [2.05, 4.69) is 10.3 Å². The number of thiazole rings is 1. The summed E-state index contributed by atoms with van der Waals surface area (Å²) in [6, 6.07) is 8.88. The van der Waals surface area contributed by atoms with Crippen LogP contribution in [0.15, 0.2) is 35.7 Å². The van der Waals surface area contributed by atoms with Crippen LogP contribution in [0.1, 0.15) is 20.9 Å². The summed E-state index contributed by atoms with van der Waals surface area (Å²) >= 11 is 15.1. The number of nitrogens with one attached hydrogen (secondary N) is 1. The quantitative estimate of drug-likeness (QED) is 0.654. The molecule has 0 saturated heterocycles. The smallest absolute Gasteiger partial charge is 0.251 e. The maximum absolute atomic E-state index is 12.2. The standard InChI is InChI=1S/C16H12Cl2N2OS2/c1-9-14(23-16(20-9)13-3-2-6-22-13)8-19-15(21)10-4-5-11(17)12(18)7-10/h2-7H,8H2,1H3,(H,19,21). The van der Waals surface area contributed by atoms with Gasteiger partial charge in [-0.2, -0.15) is 0 Å². The number of thiophene rings is 1. The predicted octanol–water partition coefficient (Wildman–Crippen LogP) is 5.42. The highest BCUT2D eigenvalue weighted by Crippen LogP contribution is 2.31. The summed E-state index contributed by atoms with van der Waals surface area (Å²) in [5, 5.41) is 6.70. The summed E-state index contributed by atoms with van der Waals surface area (Å²) in [5.74, 6) is -0.186. The molecule has 0 unspecified atom stereocenters. The summed E-state index contributed by atoms with van der Waals surface area (Å²) in [7, 11) is 0. The minimum Gasteiger partial charge on any atom is -0.347 e. The number of halogens is 2. The molecule has 3 nitrogen and oxygen atoms in total. The predicted molar refractivity (Wildman–Crippen MR) is 97.8 cm³/mol. The van der Waals surface area contributed by atoms with Crippen molar-refractivity contribution in [1.29, 1.82) is 0 Å². The van der Waals surface area contributed by atoms with Crippen molar-refractivity contribution in [2.45, 2.75) is 13.5 Å². The monoisotopic (exact) mass is 382 g/mol. The molecule has 0 radical (unpaired) electrons. The zero-order valence-electron chi connectivity index (χ0n) is 12.1. The number of rotatable bonds is 4. The van der Waals surface area contributed by atoms with Gasteiger partial charge in [0.05, 0.1) is 27.2 Å². The van der Waals surface area contributed by atoms with Crippen LogP contribution in [0.3, 0.4) is 0 Å². The first-order valence-electron chi connectivity index (χ1n) is 6.78. The first kappa shape index (κ1) is 16.5. The van der Waals surface area contributed by atoms with Gasteiger partial charge in [0.25, 0.3) is 5.91 Å². The van der Waals surface area contributed by atoms with Crippen LogP contribution in [0, 0.1) is 6.92 Å². The largest absolute Gasteiger partial charge is 0.347 e. The van der Waals surface area contributed by atoms with E-state index in [-0.39, 0.29) is 5.91 Å². The van der Waals surface area contributed by atoms with Gasteiger partial charge < -0.3 is 5.32 Å². The number of hydrogen-bond donors (Lipinski definition) is 1. The van der Waals surface area contributed by atoms with Crippen LogP contribution in [-0.2, 0) is 6.54 Å². The van der Waals surface area contributed by atoms with Crippen molar-refractivity contribution < 1.29 is 4.79 Å². The van der Waals surface area contributed by atoms with Crippen LogP contribution in [-0.4, -0.2) is 10.9 Å². The van der Waals surface area contributed by atoms with Gasteiger partial charge in [-0.3, -0.25) is 4.79 Å². The van der Waals surface area contributed by atoms with Gasteiger partial charge in [-0.15, -0.1) is 22.7 Å². The average Bonchev–Trinajstić information content (AvgIpc) is 3.17. The molecule has 1 amide bonds. The van der Waals surface area contributed by atoms with Crippen LogP contribution >= 0.6 is 45.9 Å². The lowest BCUT2D eigenvalue weighted by Gasteiger charge is -2.05. The molecule has 0 aliphatic heterocycles. The molecule has 7 heteroatoms. The van der Waals surface area contributed by atoms with Crippen LogP contribution in [0.25, 0.3) is 9.88 Å². The summed E-state index contributed by atoms with van der Waals surface area (Å²) in [5.41, 5.74) is 1.42. The average molecular weight is 383 g/mol. The number of amides is 1. The van der Waals surface area contributed by atoms with E-state index >= 15 is 0 Å². The van der Waals surface area contributed by atoms with Crippen LogP contribution < -0.4 is 5.32 Å². The van der Waals surface area contributed by atoms with Gasteiger partial charge in [-0.05, 0) is 36.6 Å². The van der Waals surface area contributed by atoms with E-state index in [1.165, 1.54) is 0 Å². The molecule has 118 valence electrons. The lowest BCUT2D eigenvalue weighted by atomic mass is 10.2. The molecule has 23 heavy (non-hydrogen) atoms. The zero-order chi connectivity index (χ0) is 16.4. The molecule has 0 aliphatic carbocycles. The van der Waals surface area contributed by atoms with Gasteiger partial charge >= 0.3 is 0 Å². The van der Waals surface area contributed by atoms with Gasteiger partial charge in [0, 0.05) is 10.4 Å². The highest BCUT2D eigenvalue weighted by molar-refractivity contribution is 7.21. The third-order valence-electron chi connectivity index (χ3n) is 3.22. The Labute approximate surface area is 151 Å². The summed E-state index contributed by atoms with van der Waals surface area (Å²) in [6.07, 6.45) is 0. The Kier molecular flexibility index (Phi) is 5.02. The fraction of sp³-hybridized carbons (Fsp3) is 0.125. The number of carbonyl (C=O) groups is 1. The second-order valence-electron chi connectivity index (χ2n) is 4.82. The first-order valence-corrected chi connectivity index (χ1v) is 9.23. The Morgan fingerprint density at radius 3 is 2.78 bits per heavy atom. The van der Waals surface area contributed by atoms with Crippen molar-refractivity contribution in [3.8, 4) is 9.88 Å². The lowest BCUT2D eigenvalue weighted by molar-refractivity contribution is 0.0951. The third-order valence-corrected chi connectivity index (χ3v) is 6.15. The molecule has 0 bridgehead atoms. The topological polar surface area (TPSA) is 42.0 Å². The Morgan fingerprint density at radius 2 is 2.09 bits per heavy atom. The molecule has 2 aromatic heterocycles. The maximum Gasteiger partial charge on any atom is 0.251 e. The fourth-order valence-corrected chi connectivity index (χ4v) is 4.09. The fourth-order valence-electron chi connectivity index (χ4n) is 2.00. The Hall–Kier alpha value is -1.40. The van der Waals surface area contributed by atoms with Crippen molar-refractivity contribution in [3.05, 3.63) is 61.9 Å². The van der Waals surface area contributed by atoms with E-state index in [1.54, 1.807) is 40.9 Å². The van der Waals surface area contributed by atoms with E-state index in [0.717, 1.165) is 20.5 Å². The Morgan fingerprint density at radius 1 is 1.26 bits per heavy atom. The molecule has 0 aliphatic rings. The molecule has 1 N–H and O–H groups in total. The zero-order valence-corrected chi connectivity index (χ0v) is 15.2. The number of aromatic nitrogens is 1.